The third-order valence-corrected chi connectivity index (χ3v) is 6.16. The first kappa shape index (κ1) is 18.3. The molecule has 0 atom stereocenters. The van der Waals surface area contributed by atoms with Crippen LogP contribution >= 0.6 is 23.4 Å². The van der Waals surface area contributed by atoms with Gasteiger partial charge in [0.05, 0.1) is 10.6 Å². The average molecular weight is 397 g/mol. The number of carbonyl (C=O) groups is 1. The fraction of sp³-hybridized carbons (Fsp3) is 0.273. The lowest BCUT2D eigenvalue weighted by molar-refractivity contribution is -0.124. The molecule has 5 heteroatoms. The van der Waals surface area contributed by atoms with Crippen molar-refractivity contribution in [3.8, 4) is 0 Å². The van der Waals surface area contributed by atoms with Crippen molar-refractivity contribution in [1.29, 1.82) is 0 Å². The predicted octanol–water partition coefficient (Wildman–Crippen LogP) is 6.28. The Bertz CT molecular complexity index is 871. The van der Waals surface area contributed by atoms with Gasteiger partial charge in [0, 0.05) is 11.1 Å². The fourth-order valence-electron chi connectivity index (χ4n) is 3.55. The molecular formula is C22H21ClN2OS. The van der Waals surface area contributed by atoms with Crippen LogP contribution in [-0.4, -0.2) is 22.0 Å². The van der Waals surface area contributed by atoms with E-state index in [-0.39, 0.29) is 11.9 Å². The zero-order valence-corrected chi connectivity index (χ0v) is 16.5. The first-order valence-electron chi connectivity index (χ1n) is 9.33. The van der Waals surface area contributed by atoms with Gasteiger partial charge < -0.3 is 0 Å². The Balaban J connectivity index is 1.68. The van der Waals surface area contributed by atoms with Crippen molar-refractivity contribution in [3.63, 3.8) is 0 Å². The monoisotopic (exact) mass is 396 g/mol. The number of aliphatic imine (C=N–C) groups is 1. The molecule has 2 aromatic rings. The minimum Gasteiger partial charge on any atom is -0.283 e. The van der Waals surface area contributed by atoms with Gasteiger partial charge in [0.15, 0.2) is 5.17 Å². The highest BCUT2D eigenvalue weighted by atomic mass is 35.5. The van der Waals surface area contributed by atoms with Gasteiger partial charge in [0.1, 0.15) is 0 Å². The largest absolute Gasteiger partial charge is 0.283 e. The van der Waals surface area contributed by atoms with Crippen LogP contribution in [-0.2, 0) is 4.79 Å². The number of thioether (sulfide) groups is 1. The Morgan fingerprint density at radius 1 is 1.00 bits per heavy atom. The van der Waals surface area contributed by atoms with Crippen molar-refractivity contribution in [1.82, 2.24) is 4.90 Å². The molecule has 0 radical (unpaired) electrons. The van der Waals surface area contributed by atoms with E-state index in [1.807, 2.05) is 65.6 Å². The lowest BCUT2D eigenvalue weighted by Crippen LogP contribution is -2.40. The summed E-state index contributed by atoms with van der Waals surface area (Å²) in [4.78, 5) is 20.6. The Labute approximate surface area is 169 Å². The fourth-order valence-corrected chi connectivity index (χ4v) is 4.73. The molecule has 138 valence electrons. The highest BCUT2D eigenvalue weighted by molar-refractivity contribution is 8.18. The van der Waals surface area contributed by atoms with Crippen LogP contribution in [0.4, 0.5) is 5.69 Å². The molecule has 1 aliphatic carbocycles. The number of halogens is 1. The number of rotatable bonds is 3. The van der Waals surface area contributed by atoms with Gasteiger partial charge in [-0.1, -0.05) is 61.2 Å². The first-order chi connectivity index (χ1) is 13.2. The van der Waals surface area contributed by atoms with E-state index in [0.717, 1.165) is 34.2 Å². The van der Waals surface area contributed by atoms with Crippen molar-refractivity contribution in [2.45, 2.75) is 38.1 Å². The number of nitrogens with zero attached hydrogens (tertiary/aromatic N) is 2. The maximum absolute atomic E-state index is 13.2. The van der Waals surface area contributed by atoms with Gasteiger partial charge in [-0.05, 0) is 60.5 Å². The van der Waals surface area contributed by atoms with E-state index in [9.17, 15) is 4.79 Å². The number of amidine groups is 1. The van der Waals surface area contributed by atoms with Crippen molar-refractivity contribution >= 4 is 46.2 Å². The molecule has 4 rings (SSSR count). The van der Waals surface area contributed by atoms with Gasteiger partial charge in [0.25, 0.3) is 5.91 Å². The van der Waals surface area contributed by atoms with Crippen molar-refractivity contribution in [2.24, 2.45) is 4.99 Å². The van der Waals surface area contributed by atoms with Gasteiger partial charge in [0.2, 0.25) is 0 Å². The topological polar surface area (TPSA) is 32.7 Å². The van der Waals surface area contributed by atoms with Gasteiger partial charge in [-0.25, -0.2) is 4.99 Å². The first-order valence-corrected chi connectivity index (χ1v) is 10.5. The summed E-state index contributed by atoms with van der Waals surface area (Å²) >= 11 is 7.44. The molecule has 0 bridgehead atoms. The quantitative estimate of drug-likeness (QED) is 0.572. The van der Waals surface area contributed by atoms with Crippen LogP contribution in [0.2, 0.25) is 5.02 Å². The van der Waals surface area contributed by atoms with Crippen molar-refractivity contribution in [2.75, 3.05) is 0 Å². The molecule has 1 heterocycles. The second-order valence-corrected chi connectivity index (χ2v) is 8.30. The van der Waals surface area contributed by atoms with Gasteiger partial charge in [-0.3, -0.25) is 9.69 Å². The molecule has 27 heavy (non-hydrogen) atoms. The van der Waals surface area contributed by atoms with E-state index in [2.05, 4.69) is 0 Å². The number of amides is 1. The molecule has 0 aromatic heterocycles. The van der Waals surface area contributed by atoms with Crippen LogP contribution in [0, 0.1) is 0 Å². The van der Waals surface area contributed by atoms with Crippen molar-refractivity contribution < 1.29 is 4.79 Å². The van der Waals surface area contributed by atoms with E-state index in [1.165, 1.54) is 31.0 Å². The van der Waals surface area contributed by atoms with Crippen LogP contribution in [0.5, 0.6) is 0 Å². The summed E-state index contributed by atoms with van der Waals surface area (Å²) in [6, 6.07) is 17.6. The zero-order chi connectivity index (χ0) is 18.6. The lowest BCUT2D eigenvalue weighted by atomic mass is 9.94. The summed E-state index contributed by atoms with van der Waals surface area (Å²) in [7, 11) is 0. The van der Waals surface area contributed by atoms with E-state index in [0.29, 0.717) is 5.02 Å². The molecule has 1 saturated carbocycles. The summed E-state index contributed by atoms with van der Waals surface area (Å²) in [6.45, 7) is 0. The lowest BCUT2D eigenvalue weighted by Gasteiger charge is -2.30. The molecule has 2 aliphatic rings. The number of para-hydroxylation sites is 1. The summed E-state index contributed by atoms with van der Waals surface area (Å²) in [5.41, 5.74) is 1.85. The molecule has 2 aromatic carbocycles. The molecular weight excluding hydrogens is 376 g/mol. The Kier molecular flexibility index (Phi) is 5.65. The number of carbonyl (C=O) groups excluding carboxylic acids is 1. The molecule has 2 fully saturated rings. The Morgan fingerprint density at radius 3 is 2.41 bits per heavy atom. The minimum absolute atomic E-state index is 0.0662. The normalized spacial score (nSPS) is 21.4. The average Bonchev–Trinajstić information content (AvgIpc) is 3.00. The van der Waals surface area contributed by atoms with Gasteiger partial charge in [-0.15, -0.1) is 0 Å². The molecule has 0 spiro atoms. The summed E-state index contributed by atoms with van der Waals surface area (Å²) in [5.74, 6) is 0.0662. The van der Waals surface area contributed by atoms with E-state index in [1.54, 1.807) is 0 Å². The third-order valence-electron chi connectivity index (χ3n) is 4.93. The highest BCUT2D eigenvalue weighted by Crippen LogP contribution is 2.38. The highest BCUT2D eigenvalue weighted by Gasteiger charge is 2.38. The number of benzene rings is 2. The minimum atomic E-state index is 0.0662. The molecule has 3 nitrogen and oxygen atoms in total. The van der Waals surface area contributed by atoms with Crippen LogP contribution in [0.1, 0.15) is 37.7 Å². The SMILES string of the molecule is O=C1/C(=C\c2ccc(Cl)cc2)SC(=Nc2ccccc2)N1C1CCCCC1. The smallest absolute Gasteiger partial charge is 0.267 e. The maximum Gasteiger partial charge on any atom is 0.267 e. The van der Waals surface area contributed by atoms with E-state index in [4.69, 9.17) is 16.6 Å². The molecule has 0 unspecified atom stereocenters. The van der Waals surface area contributed by atoms with Crippen LogP contribution in [0.3, 0.4) is 0 Å². The zero-order valence-electron chi connectivity index (χ0n) is 15.0. The maximum atomic E-state index is 13.2. The van der Waals surface area contributed by atoms with E-state index < -0.39 is 0 Å². The second-order valence-electron chi connectivity index (χ2n) is 6.86. The van der Waals surface area contributed by atoms with Gasteiger partial charge >= 0.3 is 0 Å². The molecule has 1 aliphatic heterocycles. The second kappa shape index (κ2) is 8.32. The number of hydrogen-bond donors (Lipinski definition) is 0. The van der Waals surface area contributed by atoms with E-state index >= 15 is 0 Å². The molecule has 0 N–H and O–H groups in total. The summed E-state index contributed by atoms with van der Waals surface area (Å²) in [6.07, 6.45) is 7.64. The van der Waals surface area contributed by atoms with Crippen LogP contribution in [0.25, 0.3) is 6.08 Å². The number of hydrogen-bond acceptors (Lipinski definition) is 3. The van der Waals surface area contributed by atoms with Crippen LogP contribution < -0.4 is 0 Å². The Hall–Kier alpha value is -2.04. The Morgan fingerprint density at radius 2 is 1.70 bits per heavy atom. The summed E-state index contributed by atoms with van der Waals surface area (Å²) in [5, 5.41) is 1.48. The molecule has 1 amide bonds. The van der Waals surface area contributed by atoms with Crippen LogP contribution in [0.15, 0.2) is 64.5 Å². The summed E-state index contributed by atoms with van der Waals surface area (Å²) < 4.78 is 0. The van der Waals surface area contributed by atoms with Crippen molar-refractivity contribution in [3.05, 3.63) is 70.1 Å². The predicted molar refractivity (Wildman–Crippen MR) is 114 cm³/mol. The van der Waals surface area contributed by atoms with Gasteiger partial charge in [-0.2, -0.15) is 0 Å². The molecule has 1 saturated heterocycles. The standard InChI is InChI=1S/C22H21ClN2OS/c23-17-13-11-16(12-14-17)15-20-21(26)25(19-9-5-2-6-10-19)22(27-20)24-18-7-3-1-4-8-18/h1,3-4,7-8,11-15,19H,2,5-6,9-10H2/b20-15+,24-22?. The third kappa shape index (κ3) is 4.28.